The molecular weight excluding hydrogens is 296 g/mol. The summed E-state index contributed by atoms with van der Waals surface area (Å²) >= 11 is 0. The third-order valence-corrected chi connectivity index (χ3v) is 3.53. The van der Waals surface area contributed by atoms with Crippen LogP contribution in [-0.2, 0) is 15.9 Å². The molecule has 1 aromatic heterocycles. The highest BCUT2D eigenvalue weighted by Gasteiger charge is 2.24. The smallest absolute Gasteiger partial charge is 0.358 e. The summed E-state index contributed by atoms with van der Waals surface area (Å²) in [6.45, 7) is 0.685. The second kappa shape index (κ2) is 8.33. The SMILES string of the molecule is COCCCCc1c(C(=O)OC)nc(OC)n1-c1ccccc1. The Balaban J connectivity index is 2.44. The standard InChI is InChI=1S/C17H22N2O4/c1-21-12-8-7-11-14-15(16(20)22-2)18-17(23-3)19(14)13-9-5-4-6-10-13/h4-6,9-10H,7-8,11-12H2,1-3H3. The second-order valence-corrected chi connectivity index (χ2v) is 5.01. The Bertz CT molecular complexity index is 638. The maximum atomic E-state index is 12.1. The molecule has 0 spiro atoms. The largest absolute Gasteiger partial charge is 0.468 e. The van der Waals surface area contributed by atoms with Crippen molar-refractivity contribution >= 4 is 5.97 Å². The minimum atomic E-state index is -0.459. The molecule has 0 aliphatic rings. The Labute approximate surface area is 136 Å². The average Bonchev–Trinajstić information content (AvgIpc) is 2.97. The topological polar surface area (TPSA) is 62.6 Å². The third-order valence-electron chi connectivity index (χ3n) is 3.53. The number of imidazole rings is 1. The Kier molecular flexibility index (Phi) is 6.17. The summed E-state index contributed by atoms with van der Waals surface area (Å²) in [5, 5.41) is 0. The fourth-order valence-corrected chi connectivity index (χ4v) is 2.44. The van der Waals surface area contributed by atoms with Gasteiger partial charge in [0.05, 0.1) is 25.6 Å². The highest BCUT2D eigenvalue weighted by atomic mass is 16.5. The predicted molar refractivity (Wildman–Crippen MR) is 86.3 cm³/mol. The summed E-state index contributed by atoms with van der Waals surface area (Å²) in [5.74, 6) is -0.459. The summed E-state index contributed by atoms with van der Waals surface area (Å²) < 4.78 is 17.2. The number of benzene rings is 1. The van der Waals surface area contributed by atoms with Crippen molar-refractivity contribution in [3.8, 4) is 11.7 Å². The van der Waals surface area contributed by atoms with Gasteiger partial charge in [-0.15, -0.1) is 0 Å². The van der Waals surface area contributed by atoms with Gasteiger partial charge in [0.1, 0.15) is 0 Å². The summed E-state index contributed by atoms with van der Waals surface area (Å²) in [7, 11) is 4.57. The van der Waals surface area contributed by atoms with Gasteiger partial charge in [-0.2, -0.15) is 4.98 Å². The van der Waals surface area contributed by atoms with E-state index >= 15 is 0 Å². The number of esters is 1. The first-order chi connectivity index (χ1) is 11.2. The molecule has 2 aromatic rings. The quantitative estimate of drug-likeness (QED) is 0.553. The lowest BCUT2D eigenvalue weighted by molar-refractivity contribution is 0.0592. The van der Waals surface area contributed by atoms with Crippen LogP contribution in [0.3, 0.4) is 0 Å². The van der Waals surface area contributed by atoms with E-state index in [9.17, 15) is 4.79 Å². The lowest BCUT2D eigenvalue weighted by Crippen LogP contribution is -2.09. The van der Waals surface area contributed by atoms with Crippen LogP contribution in [0.15, 0.2) is 30.3 Å². The fourth-order valence-electron chi connectivity index (χ4n) is 2.44. The molecule has 124 valence electrons. The molecule has 1 heterocycles. The van der Waals surface area contributed by atoms with E-state index in [1.165, 1.54) is 14.2 Å². The van der Waals surface area contributed by atoms with Gasteiger partial charge in [0.2, 0.25) is 0 Å². The molecule has 0 saturated carbocycles. The summed E-state index contributed by atoms with van der Waals surface area (Å²) in [5.41, 5.74) is 1.98. The van der Waals surface area contributed by atoms with Crippen molar-refractivity contribution in [1.82, 2.24) is 9.55 Å². The number of aromatic nitrogens is 2. The molecule has 0 radical (unpaired) electrons. The molecule has 0 aliphatic carbocycles. The van der Waals surface area contributed by atoms with E-state index in [1.54, 1.807) is 7.11 Å². The average molecular weight is 318 g/mol. The summed E-state index contributed by atoms with van der Waals surface area (Å²) in [6.07, 6.45) is 2.46. The van der Waals surface area contributed by atoms with Crippen molar-refractivity contribution in [3.63, 3.8) is 0 Å². The summed E-state index contributed by atoms with van der Waals surface area (Å²) in [6, 6.07) is 10.1. The lowest BCUT2D eigenvalue weighted by atomic mass is 10.1. The molecule has 0 N–H and O–H groups in total. The normalized spacial score (nSPS) is 10.6. The number of methoxy groups -OCH3 is 3. The van der Waals surface area contributed by atoms with Gasteiger partial charge in [0, 0.05) is 13.7 Å². The molecule has 0 atom stereocenters. The van der Waals surface area contributed by atoms with Gasteiger partial charge in [0.15, 0.2) is 5.69 Å². The van der Waals surface area contributed by atoms with Gasteiger partial charge in [-0.25, -0.2) is 4.79 Å². The first kappa shape index (κ1) is 17.0. The van der Waals surface area contributed by atoms with E-state index in [0.29, 0.717) is 24.7 Å². The van der Waals surface area contributed by atoms with E-state index in [2.05, 4.69) is 4.98 Å². The lowest BCUT2D eigenvalue weighted by Gasteiger charge is -2.11. The fraction of sp³-hybridized carbons (Fsp3) is 0.412. The first-order valence-electron chi connectivity index (χ1n) is 7.51. The van der Waals surface area contributed by atoms with Crippen LogP contribution in [0, 0.1) is 0 Å². The van der Waals surface area contributed by atoms with E-state index in [4.69, 9.17) is 14.2 Å². The predicted octanol–water partition coefficient (Wildman–Crippen LogP) is 2.64. The maximum absolute atomic E-state index is 12.1. The van der Waals surface area contributed by atoms with Crippen LogP contribution in [0.25, 0.3) is 5.69 Å². The molecule has 6 nitrogen and oxygen atoms in total. The number of rotatable bonds is 8. The number of para-hydroxylation sites is 1. The van der Waals surface area contributed by atoms with Crippen molar-refractivity contribution in [2.24, 2.45) is 0 Å². The van der Waals surface area contributed by atoms with Crippen molar-refractivity contribution in [2.75, 3.05) is 27.9 Å². The maximum Gasteiger partial charge on any atom is 0.358 e. The number of hydrogen-bond donors (Lipinski definition) is 0. The van der Waals surface area contributed by atoms with Crippen molar-refractivity contribution < 1.29 is 19.0 Å². The van der Waals surface area contributed by atoms with Gasteiger partial charge in [-0.3, -0.25) is 4.57 Å². The first-order valence-corrected chi connectivity index (χ1v) is 7.51. The van der Waals surface area contributed by atoms with Crippen LogP contribution >= 0.6 is 0 Å². The van der Waals surface area contributed by atoms with E-state index in [1.807, 2.05) is 34.9 Å². The van der Waals surface area contributed by atoms with Crippen molar-refractivity contribution in [2.45, 2.75) is 19.3 Å². The molecule has 0 bridgehead atoms. The van der Waals surface area contributed by atoms with Crippen LogP contribution in [0.1, 0.15) is 29.0 Å². The van der Waals surface area contributed by atoms with Gasteiger partial charge in [0.25, 0.3) is 0 Å². The van der Waals surface area contributed by atoms with E-state index < -0.39 is 5.97 Å². The Hall–Kier alpha value is -2.34. The van der Waals surface area contributed by atoms with Crippen LogP contribution in [0.5, 0.6) is 6.01 Å². The van der Waals surface area contributed by atoms with Crippen molar-refractivity contribution in [1.29, 1.82) is 0 Å². The molecule has 0 aliphatic heterocycles. The van der Waals surface area contributed by atoms with Gasteiger partial charge >= 0.3 is 12.0 Å². The number of unbranched alkanes of at least 4 members (excludes halogenated alkanes) is 1. The molecule has 1 aromatic carbocycles. The van der Waals surface area contributed by atoms with Gasteiger partial charge in [-0.1, -0.05) is 18.2 Å². The van der Waals surface area contributed by atoms with E-state index in [0.717, 1.165) is 24.2 Å². The number of carbonyl (C=O) groups excluding carboxylic acids is 1. The number of nitrogens with zero attached hydrogens (tertiary/aromatic N) is 2. The van der Waals surface area contributed by atoms with Crippen LogP contribution in [-0.4, -0.2) is 43.5 Å². The molecule has 0 unspecified atom stereocenters. The van der Waals surface area contributed by atoms with Gasteiger partial charge < -0.3 is 14.2 Å². The van der Waals surface area contributed by atoms with Crippen LogP contribution in [0.4, 0.5) is 0 Å². The monoisotopic (exact) mass is 318 g/mol. The van der Waals surface area contributed by atoms with Crippen LogP contribution < -0.4 is 4.74 Å². The minimum Gasteiger partial charge on any atom is -0.468 e. The van der Waals surface area contributed by atoms with Crippen LogP contribution in [0.2, 0.25) is 0 Å². The van der Waals surface area contributed by atoms with Crippen molar-refractivity contribution in [3.05, 3.63) is 41.7 Å². The summed E-state index contributed by atoms with van der Waals surface area (Å²) in [4.78, 5) is 16.4. The highest BCUT2D eigenvalue weighted by Crippen LogP contribution is 2.25. The Morgan fingerprint density at radius 2 is 1.87 bits per heavy atom. The zero-order valence-corrected chi connectivity index (χ0v) is 13.7. The molecule has 0 fully saturated rings. The molecule has 0 amide bonds. The number of carbonyl (C=O) groups is 1. The Morgan fingerprint density at radius 3 is 2.48 bits per heavy atom. The third kappa shape index (κ3) is 3.90. The minimum absolute atomic E-state index is 0.297. The number of ether oxygens (including phenoxy) is 3. The highest BCUT2D eigenvalue weighted by molar-refractivity contribution is 5.89. The number of hydrogen-bond acceptors (Lipinski definition) is 5. The van der Waals surface area contributed by atoms with E-state index in [-0.39, 0.29) is 0 Å². The molecule has 0 saturated heterocycles. The second-order valence-electron chi connectivity index (χ2n) is 5.01. The zero-order chi connectivity index (χ0) is 16.7. The van der Waals surface area contributed by atoms with Gasteiger partial charge in [-0.05, 0) is 31.4 Å². The molecular formula is C17H22N2O4. The zero-order valence-electron chi connectivity index (χ0n) is 13.7. The Morgan fingerprint density at radius 1 is 1.13 bits per heavy atom. The molecule has 6 heteroatoms. The molecule has 2 rings (SSSR count). The molecule has 23 heavy (non-hydrogen) atoms.